The second kappa shape index (κ2) is 6.55. The summed E-state index contributed by atoms with van der Waals surface area (Å²) >= 11 is 3.56. The van der Waals surface area contributed by atoms with Gasteiger partial charge in [-0.15, -0.1) is 0 Å². The summed E-state index contributed by atoms with van der Waals surface area (Å²) in [6.45, 7) is 0. The number of nitrogens with two attached hydrogens (primary N) is 1. The molecule has 1 amide bonds. The summed E-state index contributed by atoms with van der Waals surface area (Å²) in [5.41, 5.74) is 8.15. The Morgan fingerprint density at radius 2 is 2.04 bits per heavy atom. The maximum atomic E-state index is 11.4. The lowest BCUT2D eigenvalue weighted by molar-refractivity contribution is 0.0854. The maximum absolute atomic E-state index is 11.4. The minimum Gasteiger partial charge on any atom is -0.444 e. The van der Waals surface area contributed by atoms with Crippen LogP contribution < -0.4 is 11.1 Å². The molecular weight excluding hydrogens is 426 g/mol. The first-order chi connectivity index (χ1) is 13.6. The van der Waals surface area contributed by atoms with Crippen molar-refractivity contribution in [3.63, 3.8) is 0 Å². The third kappa shape index (κ3) is 2.80. The van der Waals surface area contributed by atoms with E-state index in [1.165, 1.54) is 6.33 Å². The first kappa shape index (κ1) is 17.1. The number of aromatic amines is 1. The van der Waals surface area contributed by atoms with Gasteiger partial charge in [0.2, 0.25) is 0 Å². The molecule has 2 aliphatic rings. The van der Waals surface area contributed by atoms with Gasteiger partial charge in [0.1, 0.15) is 23.8 Å². The van der Waals surface area contributed by atoms with Gasteiger partial charge >= 0.3 is 6.09 Å². The minimum atomic E-state index is -0.761. The maximum Gasteiger partial charge on any atom is 0.404 e. The average molecular weight is 442 g/mol. The number of rotatable bonds is 4. The number of carbonyl (C=O) groups excluding carboxylic acids is 1. The molecule has 3 heterocycles. The third-order valence-corrected chi connectivity index (χ3v) is 5.85. The van der Waals surface area contributed by atoms with Crippen LogP contribution in [0.1, 0.15) is 6.42 Å². The zero-order chi connectivity index (χ0) is 19.3. The molecule has 0 unspecified atom stereocenters. The normalized spacial score (nSPS) is 25.3. The number of amides is 1. The zero-order valence-electron chi connectivity index (χ0n) is 14.5. The lowest BCUT2D eigenvalue weighted by atomic mass is 9.98. The summed E-state index contributed by atoms with van der Waals surface area (Å²) in [7, 11) is 0. The van der Waals surface area contributed by atoms with Crippen LogP contribution in [0, 0.1) is 11.8 Å². The van der Waals surface area contributed by atoms with Crippen LogP contribution in [-0.2, 0) is 4.74 Å². The molecule has 4 atom stereocenters. The number of fused-ring (bicyclic) bond motifs is 3. The molecule has 2 bridgehead atoms. The summed E-state index contributed by atoms with van der Waals surface area (Å²) < 4.78 is 6.18. The van der Waals surface area contributed by atoms with E-state index in [1.807, 2.05) is 0 Å². The van der Waals surface area contributed by atoms with Gasteiger partial charge in [0.25, 0.3) is 0 Å². The second-order valence-corrected chi connectivity index (χ2v) is 7.77. The Kier molecular flexibility index (Phi) is 4.00. The monoisotopic (exact) mass is 441 g/mol. The lowest BCUT2D eigenvalue weighted by Crippen LogP contribution is -2.41. The smallest absolute Gasteiger partial charge is 0.404 e. The van der Waals surface area contributed by atoms with Crippen LogP contribution in [0.25, 0.3) is 22.6 Å². The van der Waals surface area contributed by atoms with Crippen molar-refractivity contribution in [1.82, 2.24) is 24.9 Å². The number of hydrogen-bond acceptors (Lipinski definition) is 7. The van der Waals surface area contributed by atoms with Gasteiger partial charge in [0.15, 0.2) is 5.65 Å². The van der Waals surface area contributed by atoms with Gasteiger partial charge in [-0.25, -0.2) is 24.7 Å². The van der Waals surface area contributed by atoms with E-state index in [2.05, 4.69) is 53.3 Å². The fourth-order valence-electron chi connectivity index (χ4n) is 4.05. The summed E-state index contributed by atoms with van der Waals surface area (Å²) in [5.74, 6) is 1.05. The number of pyridine rings is 1. The average Bonchev–Trinajstić information content (AvgIpc) is 3.40. The number of ether oxygens (including phenoxy) is 1. The van der Waals surface area contributed by atoms with Crippen molar-refractivity contribution in [1.29, 1.82) is 0 Å². The highest BCUT2D eigenvalue weighted by Crippen LogP contribution is 2.44. The van der Waals surface area contributed by atoms with Crippen molar-refractivity contribution >= 4 is 38.9 Å². The van der Waals surface area contributed by atoms with E-state index < -0.39 is 6.09 Å². The number of nitrogens with one attached hydrogen (secondary N) is 2. The van der Waals surface area contributed by atoms with Gasteiger partial charge in [-0.2, -0.15) is 0 Å². The number of anilines is 1. The van der Waals surface area contributed by atoms with Crippen LogP contribution in [0.4, 0.5) is 10.5 Å². The first-order valence-corrected chi connectivity index (χ1v) is 9.60. The molecule has 1 fully saturated rings. The van der Waals surface area contributed by atoms with Crippen LogP contribution >= 0.6 is 15.9 Å². The fourth-order valence-corrected chi connectivity index (χ4v) is 4.46. The van der Waals surface area contributed by atoms with Gasteiger partial charge in [0, 0.05) is 30.4 Å². The molecule has 0 aromatic carbocycles. The van der Waals surface area contributed by atoms with Crippen molar-refractivity contribution in [2.45, 2.75) is 18.6 Å². The molecule has 5 rings (SSSR count). The fraction of sp³-hybridized carbons (Fsp3) is 0.278. The van der Waals surface area contributed by atoms with Crippen LogP contribution in [0.2, 0.25) is 0 Å². The molecule has 0 saturated heterocycles. The van der Waals surface area contributed by atoms with Crippen molar-refractivity contribution in [3.8, 4) is 11.4 Å². The Hall–Kier alpha value is -3.01. The summed E-state index contributed by atoms with van der Waals surface area (Å²) in [5, 5.41) is 3.52. The molecule has 0 radical (unpaired) electrons. The first-order valence-electron chi connectivity index (χ1n) is 8.80. The molecular formula is C18H16BrN7O2. The van der Waals surface area contributed by atoms with E-state index in [-0.39, 0.29) is 24.0 Å². The van der Waals surface area contributed by atoms with Crippen molar-refractivity contribution in [2.75, 3.05) is 5.32 Å². The Balaban J connectivity index is 1.53. The summed E-state index contributed by atoms with van der Waals surface area (Å²) in [6, 6.07) is -0.0930. The van der Waals surface area contributed by atoms with Gasteiger partial charge in [-0.05, 0) is 22.4 Å². The van der Waals surface area contributed by atoms with E-state index in [0.717, 1.165) is 22.1 Å². The highest BCUT2D eigenvalue weighted by Gasteiger charge is 2.47. The van der Waals surface area contributed by atoms with Gasteiger partial charge in [0.05, 0.1) is 21.8 Å². The molecule has 2 aliphatic carbocycles. The lowest BCUT2D eigenvalue weighted by Gasteiger charge is -2.29. The topological polar surface area (TPSA) is 132 Å². The van der Waals surface area contributed by atoms with E-state index in [1.54, 1.807) is 18.6 Å². The number of halogens is 1. The number of imidazole rings is 1. The van der Waals surface area contributed by atoms with E-state index in [0.29, 0.717) is 17.0 Å². The van der Waals surface area contributed by atoms with Gasteiger partial charge in [-0.1, -0.05) is 12.2 Å². The number of aromatic nitrogens is 5. The van der Waals surface area contributed by atoms with Crippen LogP contribution in [0.3, 0.4) is 0 Å². The Morgan fingerprint density at radius 3 is 2.82 bits per heavy atom. The van der Waals surface area contributed by atoms with Crippen LogP contribution in [0.5, 0.6) is 0 Å². The van der Waals surface area contributed by atoms with Crippen LogP contribution in [0.15, 0.2) is 41.5 Å². The molecule has 0 spiro atoms. The summed E-state index contributed by atoms with van der Waals surface area (Å²) in [6.07, 6.45) is 10.6. The van der Waals surface area contributed by atoms with Crippen LogP contribution in [-0.4, -0.2) is 43.2 Å². The predicted molar refractivity (Wildman–Crippen MR) is 105 cm³/mol. The van der Waals surface area contributed by atoms with Crippen molar-refractivity contribution < 1.29 is 9.53 Å². The van der Waals surface area contributed by atoms with Crippen molar-refractivity contribution in [3.05, 3.63) is 41.5 Å². The molecule has 10 heteroatoms. The highest BCUT2D eigenvalue weighted by molar-refractivity contribution is 9.10. The number of hydrogen-bond donors (Lipinski definition) is 3. The van der Waals surface area contributed by atoms with Crippen molar-refractivity contribution in [2.24, 2.45) is 17.6 Å². The van der Waals surface area contributed by atoms with Gasteiger partial charge in [-0.3, -0.25) is 0 Å². The Labute approximate surface area is 168 Å². The van der Waals surface area contributed by atoms with E-state index >= 15 is 0 Å². The van der Waals surface area contributed by atoms with E-state index in [4.69, 9.17) is 15.5 Å². The number of carbonyl (C=O) groups is 1. The Bertz CT molecular complexity index is 1080. The molecule has 3 aromatic heterocycles. The predicted octanol–water partition coefficient (Wildman–Crippen LogP) is 2.63. The quantitative estimate of drug-likeness (QED) is 0.530. The molecule has 0 aliphatic heterocycles. The van der Waals surface area contributed by atoms with Gasteiger partial charge < -0.3 is 20.8 Å². The Morgan fingerprint density at radius 1 is 1.25 bits per heavy atom. The number of primary amides is 1. The minimum absolute atomic E-state index is 0.0930. The molecule has 3 aromatic rings. The molecule has 9 nitrogen and oxygen atoms in total. The number of H-pyrrole nitrogens is 1. The molecule has 28 heavy (non-hydrogen) atoms. The summed E-state index contributed by atoms with van der Waals surface area (Å²) in [4.78, 5) is 31.7. The molecule has 4 N–H and O–H groups in total. The zero-order valence-corrected chi connectivity index (χ0v) is 16.1. The molecule has 142 valence electrons. The van der Waals surface area contributed by atoms with E-state index in [9.17, 15) is 4.79 Å². The molecule has 1 saturated carbocycles. The second-order valence-electron chi connectivity index (χ2n) is 6.91. The SMILES string of the molecule is NC(=O)O[C@@H]1[C@H](Nc2c(Br)cnc3[nH]c(-c4cncnc4)nc23)[C@H]2C=C[C@@H]1C2. The third-order valence-electron chi connectivity index (χ3n) is 5.25. The standard InChI is InChI=1S/C18H16BrN7O2/c19-11-6-23-17-14(25-16(26-17)10-4-21-7-22-5-10)13(11)24-12-8-1-2-9(3-8)15(12)28-18(20)27/h1-2,4-9,12,15H,3H2,(H2,20,27)(H2,23,24,25,26)/t8-,9+,12+,15-/m0/s1. The highest BCUT2D eigenvalue weighted by atomic mass is 79.9. The largest absolute Gasteiger partial charge is 0.444 e. The number of nitrogens with zero attached hydrogens (tertiary/aromatic N) is 4.